The van der Waals surface area contributed by atoms with Gasteiger partial charge in [-0.1, -0.05) is 0 Å². The van der Waals surface area contributed by atoms with Crippen LogP contribution in [0.25, 0.3) is 0 Å². The number of nitrogens with two attached hydrogens (primary N) is 1. The van der Waals surface area contributed by atoms with Gasteiger partial charge in [-0.15, -0.1) is 0 Å². The third-order valence-corrected chi connectivity index (χ3v) is 1.56. The van der Waals surface area contributed by atoms with Crippen LogP contribution in [0.4, 0.5) is 0 Å². The summed E-state index contributed by atoms with van der Waals surface area (Å²) in [6, 6.07) is 2.14. The predicted octanol–water partition coefficient (Wildman–Crippen LogP) is 1.11. The average molecular weight is 190 g/mol. The highest BCUT2D eigenvalue weighted by Crippen LogP contribution is 2.18. The van der Waals surface area contributed by atoms with Gasteiger partial charge >= 0.3 is 5.97 Å². The maximum atomic E-state index is 10.9. The zero-order valence-electron chi connectivity index (χ0n) is 6.41. The molecule has 1 aromatic heterocycles. The fraction of sp³-hybridized carbons (Fsp3) is 0.286. The average Bonchev–Trinajstić information content (AvgIpc) is 2.49. The normalized spacial score (nSPS) is 12.6. The lowest BCUT2D eigenvalue weighted by molar-refractivity contribution is -0.142. The van der Waals surface area contributed by atoms with Crippen molar-refractivity contribution < 1.29 is 13.9 Å². The predicted molar refractivity (Wildman–Crippen MR) is 42.7 cm³/mol. The Kier molecular flexibility index (Phi) is 2.73. The van der Waals surface area contributed by atoms with Crippen molar-refractivity contribution in [2.45, 2.75) is 6.04 Å². The Morgan fingerprint density at radius 3 is 2.83 bits per heavy atom. The van der Waals surface area contributed by atoms with Gasteiger partial charge in [0.2, 0.25) is 0 Å². The third kappa shape index (κ3) is 1.78. The molecule has 0 fully saturated rings. The van der Waals surface area contributed by atoms with Crippen LogP contribution in [0.15, 0.2) is 16.5 Å². The maximum Gasteiger partial charge on any atom is 0.330 e. The Morgan fingerprint density at radius 2 is 2.42 bits per heavy atom. The van der Waals surface area contributed by atoms with Gasteiger partial charge in [0.15, 0.2) is 11.3 Å². The summed E-state index contributed by atoms with van der Waals surface area (Å²) in [5, 5.41) is 0.198. The molecule has 5 heteroatoms. The molecule has 1 heterocycles. The lowest BCUT2D eigenvalue weighted by Crippen LogP contribution is -2.21. The summed E-state index contributed by atoms with van der Waals surface area (Å²) in [6.45, 7) is 0. The summed E-state index contributed by atoms with van der Waals surface area (Å²) < 4.78 is 9.32. The van der Waals surface area contributed by atoms with Crippen LogP contribution in [0, 0.1) is 0 Å². The fourth-order valence-corrected chi connectivity index (χ4v) is 0.891. The van der Waals surface area contributed by atoms with Crippen molar-refractivity contribution in [2.75, 3.05) is 7.11 Å². The SMILES string of the molecule is COC(=O)[C@H](N)c1ccc(Cl)o1. The first-order valence-corrected chi connectivity index (χ1v) is 3.61. The second-order valence-electron chi connectivity index (χ2n) is 2.14. The van der Waals surface area contributed by atoms with E-state index < -0.39 is 12.0 Å². The van der Waals surface area contributed by atoms with Crippen LogP contribution in [0.5, 0.6) is 0 Å². The standard InChI is InChI=1S/C7H8ClNO3/c1-11-7(10)6(9)4-2-3-5(8)12-4/h2-3,6H,9H2,1H3/t6-/m1/s1. The summed E-state index contributed by atoms with van der Waals surface area (Å²) in [7, 11) is 1.26. The second-order valence-corrected chi connectivity index (χ2v) is 2.52. The number of esters is 1. The van der Waals surface area contributed by atoms with E-state index in [0.29, 0.717) is 5.76 Å². The minimum absolute atomic E-state index is 0.198. The van der Waals surface area contributed by atoms with E-state index in [4.69, 9.17) is 21.8 Å². The van der Waals surface area contributed by atoms with Crippen molar-refractivity contribution in [3.63, 3.8) is 0 Å². The molecule has 66 valence electrons. The van der Waals surface area contributed by atoms with E-state index in [2.05, 4.69) is 4.74 Å². The molecule has 0 aliphatic rings. The lowest BCUT2D eigenvalue weighted by atomic mass is 10.2. The van der Waals surface area contributed by atoms with Crippen molar-refractivity contribution in [3.05, 3.63) is 23.1 Å². The summed E-state index contributed by atoms with van der Waals surface area (Å²) in [5.74, 6) is -0.257. The minimum Gasteiger partial charge on any atom is -0.468 e. The molecule has 0 saturated heterocycles. The molecule has 2 N–H and O–H groups in total. The van der Waals surface area contributed by atoms with Crippen molar-refractivity contribution in [1.82, 2.24) is 0 Å². The Hall–Kier alpha value is -1.00. The van der Waals surface area contributed by atoms with E-state index in [1.54, 1.807) is 0 Å². The third-order valence-electron chi connectivity index (χ3n) is 1.36. The molecular formula is C7H8ClNO3. The molecule has 0 saturated carbocycles. The van der Waals surface area contributed by atoms with E-state index >= 15 is 0 Å². The van der Waals surface area contributed by atoms with Crippen molar-refractivity contribution in [2.24, 2.45) is 5.73 Å². The van der Waals surface area contributed by atoms with E-state index in [9.17, 15) is 4.79 Å². The molecule has 0 aliphatic heterocycles. The molecule has 0 amide bonds. The van der Waals surface area contributed by atoms with E-state index in [-0.39, 0.29) is 5.22 Å². The van der Waals surface area contributed by atoms with Crippen LogP contribution in [0.1, 0.15) is 11.8 Å². The topological polar surface area (TPSA) is 65.5 Å². The summed E-state index contributed by atoms with van der Waals surface area (Å²) in [5.41, 5.74) is 5.44. The van der Waals surface area contributed by atoms with Crippen molar-refractivity contribution in [1.29, 1.82) is 0 Å². The van der Waals surface area contributed by atoms with E-state index in [1.807, 2.05) is 0 Å². The van der Waals surface area contributed by atoms with Gasteiger partial charge in [-0.05, 0) is 23.7 Å². The zero-order chi connectivity index (χ0) is 9.14. The van der Waals surface area contributed by atoms with Crippen LogP contribution >= 0.6 is 11.6 Å². The number of furan rings is 1. The van der Waals surface area contributed by atoms with Gasteiger partial charge in [0.1, 0.15) is 5.76 Å². The highest BCUT2D eigenvalue weighted by molar-refractivity contribution is 6.28. The smallest absolute Gasteiger partial charge is 0.330 e. The summed E-state index contributed by atoms with van der Waals surface area (Å²) in [4.78, 5) is 10.9. The quantitative estimate of drug-likeness (QED) is 0.708. The first-order chi connectivity index (χ1) is 5.65. The van der Waals surface area contributed by atoms with Crippen molar-refractivity contribution >= 4 is 17.6 Å². The molecule has 0 unspecified atom stereocenters. The molecule has 4 nitrogen and oxygen atoms in total. The number of carbonyl (C=O) groups excluding carboxylic acids is 1. The van der Waals surface area contributed by atoms with Crippen LogP contribution in [-0.4, -0.2) is 13.1 Å². The molecule has 0 aliphatic carbocycles. The first-order valence-electron chi connectivity index (χ1n) is 3.24. The number of hydrogen-bond acceptors (Lipinski definition) is 4. The number of carbonyl (C=O) groups is 1. The van der Waals surface area contributed by atoms with Gasteiger partial charge in [-0.25, -0.2) is 4.79 Å². The summed E-state index contributed by atoms with van der Waals surface area (Å²) in [6.07, 6.45) is 0. The highest BCUT2D eigenvalue weighted by Gasteiger charge is 2.19. The zero-order valence-corrected chi connectivity index (χ0v) is 7.17. The molecule has 0 radical (unpaired) electrons. The Morgan fingerprint density at radius 1 is 1.75 bits per heavy atom. The largest absolute Gasteiger partial charge is 0.468 e. The van der Waals surface area contributed by atoms with E-state index in [0.717, 1.165) is 0 Å². The lowest BCUT2D eigenvalue weighted by Gasteiger charge is -2.04. The van der Waals surface area contributed by atoms with Gasteiger partial charge in [-0.2, -0.15) is 0 Å². The molecule has 0 spiro atoms. The van der Waals surface area contributed by atoms with Gasteiger partial charge < -0.3 is 14.9 Å². The number of halogens is 1. The molecule has 1 aromatic rings. The van der Waals surface area contributed by atoms with Gasteiger partial charge in [0.25, 0.3) is 0 Å². The van der Waals surface area contributed by atoms with Gasteiger partial charge in [-0.3, -0.25) is 0 Å². The number of rotatable bonds is 2. The van der Waals surface area contributed by atoms with Gasteiger partial charge in [0, 0.05) is 0 Å². The van der Waals surface area contributed by atoms with Gasteiger partial charge in [0.05, 0.1) is 7.11 Å². The molecular weight excluding hydrogens is 182 g/mol. The molecule has 0 aromatic carbocycles. The Bertz CT molecular complexity index is 284. The Balaban J connectivity index is 2.77. The molecule has 12 heavy (non-hydrogen) atoms. The number of hydrogen-bond donors (Lipinski definition) is 1. The minimum atomic E-state index is -0.900. The van der Waals surface area contributed by atoms with Crippen LogP contribution in [0.3, 0.4) is 0 Å². The van der Waals surface area contributed by atoms with Crippen LogP contribution in [0.2, 0.25) is 5.22 Å². The van der Waals surface area contributed by atoms with E-state index in [1.165, 1.54) is 19.2 Å². The second kappa shape index (κ2) is 3.60. The highest BCUT2D eigenvalue weighted by atomic mass is 35.5. The van der Waals surface area contributed by atoms with Crippen LogP contribution < -0.4 is 5.73 Å². The van der Waals surface area contributed by atoms with Crippen molar-refractivity contribution in [3.8, 4) is 0 Å². The maximum absolute atomic E-state index is 10.9. The van der Waals surface area contributed by atoms with Crippen LogP contribution in [-0.2, 0) is 9.53 Å². The first kappa shape index (κ1) is 9.09. The molecule has 1 atom stereocenters. The molecule has 1 rings (SSSR count). The summed E-state index contributed by atoms with van der Waals surface area (Å²) >= 11 is 5.48. The number of ether oxygens (including phenoxy) is 1. The fourth-order valence-electron chi connectivity index (χ4n) is 0.739. The number of methoxy groups -OCH3 is 1. The molecule has 0 bridgehead atoms. The monoisotopic (exact) mass is 189 g/mol. The Labute approximate surface area is 74.2 Å².